The monoisotopic (exact) mass is 506 g/mol. The number of aryl methyl sites for hydroxylation is 1. The third-order valence-corrected chi connectivity index (χ3v) is 6.66. The molecular weight excluding hydrogens is 472 g/mol. The Morgan fingerprint density at radius 3 is 2.43 bits per heavy atom. The van der Waals surface area contributed by atoms with Gasteiger partial charge in [-0.3, -0.25) is 14.5 Å². The Labute approximate surface area is 216 Å². The Hall–Kier alpha value is -3.95. The molecule has 2 aromatic carbocycles. The predicted molar refractivity (Wildman–Crippen MR) is 139 cm³/mol. The van der Waals surface area contributed by atoms with Crippen molar-refractivity contribution < 1.29 is 19.1 Å². The van der Waals surface area contributed by atoms with Gasteiger partial charge in [0.2, 0.25) is 11.7 Å². The quantitative estimate of drug-likeness (QED) is 0.448. The van der Waals surface area contributed by atoms with E-state index in [1.807, 2.05) is 38.1 Å². The van der Waals surface area contributed by atoms with E-state index < -0.39 is 6.04 Å². The van der Waals surface area contributed by atoms with Gasteiger partial charge >= 0.3 is 0 Å². The molecule has 10 nitrogen and oxygen atoms in total. The number of amides is 2. The lowest BCUT2D eigenvalue weighted by molar-refractivity contribution is -0.127. The van der Waals surface area contributed by atoms with Gasteiger partial charge in [-0.25, -0.2) is 0 Å². The van der Waals surface area contributed by atoms with Crippen molar-refractivity contribution in [2.45, 2.75) is 64.6 Å². The average Bonchev–Trinajstić information content (AvgIpc) is 3.59. The normalized spacial score (nSPS) is 14.3. The minimum absolute atomic E-state index is 0.137. The number of tetrazole rings is 1. The van der Waals surface area contributed by atoms with E-state index in [9.17, 15) is 9.59 Å². The summed E-state index contributed by atoms with van der Waals surface area (Å²) < 4.78 is 10.8. The first-order valence-electron chi connectivity index (χ1n) is 12.6. The van der Waals surface area contributed by atoms with Crippen LogP contribution in [-0.2, 0) is 16.1 Å². The van der Waals surface area contributed by atoms with Crippen LogP contribution in [0.25, 0.3) is 11.4 Å². The lowest BCUT2D eigenvalue weighted by atomic mass is 10.1. The number of carbonyl (C=O) groups excluding carboxylic acids is 2. The Balaban J connectivity index is 1.62. The minimum atomic E-state index is -0.716. The number of benzene rings is 2. The Morgan fingerprint density at radius 2 is 1.78 bits per heavy atom. The van der Waals surface area contributed by atoms with Crippen molar-refractivity contribution in [1.29, 1.82) is 0 Å². The minimum Gasteiger partial charge on any atom is -0.493 e. The van der Waals surface area contributed by atoms with Gasteiger partial charge < -0.3 is 14.8 Å². The number of carbonyl (C=O) groups is 2. The molecule has 0 bridgehead atoms. The van der Waals surface area contributed by atoms with Crippen LogP contribution in [-0.4, -0.2) is 58.3 Å². The van der Waals surface area contributed by atoms with Gasteiger partial charge in [0.1, 0.15) is 12.6 Å². The molecule has 4 rings (SSSR count). The Kier molecular flexibility index (Phi) is 8.37. The maximum atomic E-state index is 13.7. The van der Waals surface area contributed by atoms with E-state index >= 15 is 0 Å². The van der Waals surface area contributed by atoms with Crippen LogP contribution in [0.5, 0.6) is 11.5 Å². The van der Waals surface area contributed by atoms with Crippen molar-refractivity contribution in [2.75, 3.05) is 19.1 Å². The zero-order valence-corrected chi connectivity index (χ0v) is 21.8. The average molecular weight is 507 g/mol. The highest BCUT2D eigenvalue weighted by atomic mass is 16.5. The summed E-state index contributed by atoms with van der Waals surface area (Å²) in [6.45, 7) is 3.71. The van der Waals surface area contributed by atoms with Gasteiger partial charge in [-0.1, -0.05) is 49.6 Å². The van der Waals surface area contributed by atoms with Gasteiger partial charge in [-0.05, 0) is 43.5 Å². The maximum Gasteiger partial charge on any atom is 0.251 e. The molecule has 1 N–H and O–H groups in total. The first-order valence-corrected chi connectivity index (χ1v) is 12.6. The molecule has 3 aromatic rings. The van der Waals surface area contributed by atoms with E-state index in [1.54, 1.807) is 25.3 Å². The van der Waals surface area contributed by atoms with Gasteiger partial charge in [0.05, 0.1) is 14.2 Å². The number of hydrogen-bond acceptors (Lipinski definition) is 7. The predicted octanol–water partition coefficient (Wildman–Crippen LogP) is 3.54. The molecule has 1 aromatic heterocycles. The smallest absolute Gasteiger partial charge is 0.251 e. The molecule has 0 radical (unpaired) electrons. The van der Waals surface area contributed by atoms with E-state index in [2.05, 4.69) is 20.7 Å². The fraction of sp³-hybridized carbons (Fsp3) is 0.444. The molecular formula is C27H34N6O4. The van der Waals surface area contributed by atoms with Crippen LogP contribution in [0.3, 0.4) is 0 Å². The summed E-state index contributed by atoms with van der Waals surface area (Å²) in [6, 6.07) is 12.3. The largest absolute Gasteiger partial charge is 0.493 e. The van der Waals surface area contributed by atoms with Crippen LogP contribution >= 0.6 is 0 Å². The number of ether oxygens (including phenoxy) is 2. The first kappa shape index (κ1) is 26.1. The summed E-state index contributed by atoms with van der Waals surface area (Å²) in [6.07, 6.45) is 4.54. The maximum absolute atomic E-state index is 13.7. The van der Waals surface area contributed by atoms with Crippen molar-refractivity contribution in [3.05, 3.63) is 48.0 Å². The van der Waals surface area contributed by atoms with Crippen LogP contribution in [0.2, 0.25) is 0 Å². The van der Waals surface area contributed by atoms with Gasteiger partial charge in [0.25, 0.3) is 5.91 Å². The second-order valence-corrected chi connectivity index (χ2v) is 9.23. The summed E-state index contributed by atoms with van der Waals surface area (Å²) in [4.78, 5) is 29.9. The summed E-state index contributed by atoms with van der Waals surface area (Å²) in [5.41, 5.74) is 2.46. The van der Waals surface area contributed by atoms with Crippen LogP contribution in [0.4, 0.5) is 5.69 Å². The number of nitrogens with zero attached hydrogens (tertiary/aromatic N) is 5. The lowest BCUT2D eigenvalue weighted by Crippen LogP contribution is -2.52. The number of anilines is 1. The number of methoxy groups -OCH3 is 2. The van der Waals surface area contributed by atoms with Gasteiger partial charge in [0, 0.05) is 23.4 Å². The van der Waals surface area contributed by atoms with E-state index in [1.165, 1.54) is 16.8 Å². The van der Waals surface area contributed by atoms with Crippen LogP contribution in [0, 0.1) is 6.92 Å². The summed E-state index contributed by atoms with van der Waals surface area (Å²) in [5, 5.41) is 15.7. The molecule has 1 fully saturated rings. The van der Waals surface area contributed by atoms with Crippen molar-refractivity contribution in [1.82, 2.24) is 25.5 Å². The number of rotatable bonds is 10. The van der Waals surface area contributed by atoms with Gasteiger partial charge in [0.15, 0.2) is 11.5 Å². The summed E-state index contributed by atoms with van der Waals surface area (Å²) >= 11 is 0. The summed E-state index contributed by atoms with van der Waals surface area (Å²) in [7, 11) is 3.08. The van der Waals surface area contributed by atoms with Crippen molar-refractivity contribution in [2.24, 2.45) is 0 Å². The van der Waals surface area contributed by atoms with Gasteiger partial charge in [-0.15, -0.1) is 10.2 Å². The highest BCUT2D eigenvalue weighted by Crippen LogP contribution is 2.33. The molecule has 1 heterocycles. The number of hydrogen-bond donors (Lipinski definition) is 1. The lowest BCUT2D eigenvalue weighted by Gasteiger charge is -2.31. The van der Waals surface area contributed by atoms with Crippen LogP contribution in [0.15, 0.2) is 42.5 Å². The van der Waals surface area contributed by atoms with E-state index in [0.717, 1.165) is 36.8 Å². The van der Waals surface area contributed by atoms with Crippen molar-refractivity contribution in [3.8, 4) is 22.9 Å². The fourth-order valence-corrected chi connectivity index (χ4v) is 4.65. The van der Waals surface area contributed by atoms with Crippen LogP contribution < -0.4 is 19.7 Å². The molecule has 10 heteroatoms. The van der Waals surface area contributed by atoms with Crippen LogP contribution in [0.1, 0.15) is 44.6 Å². The molecule has 2 amide bonds. The second-order valence-electron chi connectivity index (χ2n) is 9.23. The SMILES string of the molecule is CCC(C(=O)NC1CCCC1)N(C(=O)Cn1nnc(-c2ccc(C)cc2)n1)c1ccc(OC)c(OC)c1. The summed E-state index contributed by atoms with van der Waals surface area (Å²) in [5.74, 6) is 0.904. The molecule has 196 valence electrons. The standard InChI is InChI=1S/C27H34N6O4/c1-5-22(27(35)28-20-8-6-7-9-20)33(21-14-15-23(36-3)24(16-21)37-4)25(34)17-32-30-26(29-31-32)19-12-10-18(2)11-13-19/h10-16,20,22H,5-9,17H2,1-4H3,(H,28,35). The van der Waals surface area contributed by atoms with E-state index in [0.29, 0.717) is 29.4 Å². The molecule has 1 unspecified atom stereocenters. The van der Waals surface area contributed by atoms with Crippen molar-refractivity contribution >= 4 is 17.5 Å². The van der Waals surface area contributed by atoms with E-state index in [4.69, 9.17) is 9.47 Å². The second kappa shape index (κ2) is 11.9. The third-order valence-electron chi connectivity index (χ3n) is 6.66. The number of nitrogens with one attached hydrogen (secondary N) is 1. The molecule has 1 aliphatic carbocycles. The molecule has 37 heavy (non-hydrogen) atoms. The van der Waals surface area contributed by atoms with Gasteiger partial charge in [-0.2, -0.15) is 4.80 Å². The van der Waals surface area contributed by atoms with Crippen molar-refractivity contribution in [3.63, 3.8) is 0 Å². The Bertz CT molecular complexity index is 1220. The molecule has 0 spiro atoms. The third kappa shape index (κ3) is 6.07. The molecule has 0 aliphatic heterocycles. The fourth-order valence-electron chi connectivity index (χ4n) is 4.65. The topological polar surface area (TPSA) is 111 Å². The molecule has 0 saturated heterocycles. The van der Waals surface area contributed by atoms with E-state index in [-0.39, 0.29) is 24.4 Å². The zero-order chi connectivity index (χ0) is 26.4. The highest BCUT2D eigenvalue weighted by Gasteiger charge is 2.32. The zero-order valence-electron chi connectivity index (χ0n) is 21.8. The number of aromatic nitrogens is 4. The molecule has 1 saturated carbocycles. The molecule has 1 atom stereocenters. The first-order chi connectivity index (χ1) is 17.9. The molecule has 1 aliphatic rings. The highest BCUT2D eigenvalue weighted by molar-refractivity contribution is 6.01. The Morgan fingerprint density at radius 1 is 1.08 bits per heavy atom.